The third-order valence-corrected chi connectivity index (χ3v) is 6.14. The van der Waals surface area contributed by atoms with Crippen molar-refractivity contribution in [2.75, 3.05) is 21.3 Å². The van der Waals surface area contributed by atoms with Gasteiger partial charge >= 0.3 is 164 Å². The zero-order valence-corrected chi connectivity index (χ0v) is 17.2. The molecule has 0 aliphatic rings. The molecule has 140 valence electrons. The average Bonchev–Trinajstić information content (AvgIpc) is 3.09. The number of ether oxygens (including phenoxy) is 3. The Hall–Kier alpha value is -2.76. The van der Waals surface area contributed by atoms with Crippen molar-refractivity contribution in [2.45, 2.75) is 6.92 Å². The number of hydrogen-bond acceptors (Lipinski definition) is 6. The van der Waals surface area contributed by atoms with Crippen LogP contribution < -0.4 is 14.2 Å². The van der Waals surface area contributed by atoms with Crippen molar-refractivity contribution in [2.24, 2.45) is 5.16 Å². The van der Waals surface area contributed by atoms with Crippen LogP contribution in [0.4, 0.5) is 0 Å². The van der Waals surface area contributed by atoms with Crippen molar-refractivity contribution >= 4 is 20.2 Å². The predicted molar refractivity (Wildman–Crippen MR) is 105 cm³/mol. The van der Waals surface area contributed by atoms with Crippen LogP contribution in [0.3, 0.4) is 0 Å². The summed E-state index contributed by atoms with van der Waals surface area (Å²) in [5, 5.41) is 13.3. The van der Waals surface area contributed by atoms with Gasteiger partial charge in [0.15, 0.2) is 0 Å². The summed E-state index contributed by atoms with van der Waals surface area (Å²) in [6, 6.07) is 13.5. The van der Waals surface area contributed by atoms with Gasteiger partial charge < -0.3 is 0 Å². The molecule has 0 aliphatic carbocycles. The standard InChI is InChI=1S/C20H20N2O4Se/c1-12-17(13-8-6-5-7-9-13)21-20(27-12)18(22-23)14-10-15(24-2)19(26-4)16(11-14)25-3/h5-11,23H,1-4H3/b22-18-. The predicted octanol–water partition coefficient (Wildman–Crippen LogP) is 3.37. The van der Waals surface area contributed by atoms with Gasteiger partial charge in [-0.15, -0.1) is 0 Å². The molecule has 2 aromatic carbocycles. The second-order valence-corrected chi connectivity index (χ2v) is 8.18. The first-order valence-corrected chi connectivity index (χ1v) is 9.89. The number of benzene rings is 2. The van der Waals surface area contributed by atoms with Crippen molar-refractivity contribution < 1.29 is 19.4 Å². The Labute approximate surface area is 163 Å². The summed E-state index contributed by atoms with van der Waals surface area (Å²) >= 11 is -0.0485. The van der Waals surface area contributed by atoms with Crippen LogP contribution in [0.2, 0.25) is 0 Å². The van der Waals surface area contributed by atoms with E-state index >= 15 is 0 Å². The number of aryl methyl sites for hydroxylation is 1. The first kappa shape index (κ1) is 19.0. The molecule has 3 aromatic rings. The molecule has 0 unspecified atom stereocenters. The van der Waals surface area contributed by atoms with E-state index in [0.717, 1.165) is 15.8 Å². The van der Waals surface area contributed by atoms with Crippen molar-refractivity contribution in [3.8, 4) is 28.5 Å². The molecule has 0 fully saturated rings. The number of aromatic nitrogens is 1. The normalized spacial score (nSPS) is 11.3. The Morgan fingerprint density at radius 1 is 1.00 bits per heavy atom. The molecule has 0 atom stereocenters. The zero-order valence-electron chi connectivity index (χ0n) is 15.5. The first-order chi connectivity index (χ1) is 13.1. The van der Waals surface area contributed by atoms with Crippen molar-refractivity contribution in [3.63, 3.8) is 0 Å². The molecule has 1 aromatic heterocycles. The van der Waals surface area contributed by atoms with Crippen molar-refractivity contribution in [1.82, 2.24) is 4.98 Å². The number of rotatable bonds is 6. The molecular weight excluding hydrogens is 411 g/mol. The quantitative estimate of drug-likeness (QED) is 0.281. The molecule has 7 heteroatoms. The van der Waals surface area contributed by atoms with Gasteiger partial charge in [-0.2, -0.15) is 0 Å². The van der Waals surface area contributed by atoms with Crippen LogP contribution in [0.15, 0.2) is 47.6 Å². The van der Waals surface area contributed by atoms with E-state index in [-0.39, 0.29) is 14.5 Å². The topological polar surface area (TPSA) is 73.2 Å². The second kappa shape index (κ2) is 8.29. The molecule has 1 heterocycles. The molecule has 0 bridgehead atoms. The van der Waals surface area contributed by atoms with Crippen LogP contribution in [0.25, 0.3) is 11.3 Å². The number of oxime groups is 1. The Bertz CT molecular complexity index is 942. The van der Waals surface area contributed by atoms with Gasteiger partial charge in [-0.05, 0) is 0 Å². The van der Waals surface area contributed by atoms with E-state index in [1.54, 1.807) is 33.5 Å². The SMILES string of the molecule is COc1cc(/C(=N/O)c2nc(-c3ccccc3)c(C)[se]2)cc(OC)c1OC. The summed E-state index contributed by atoms with van der Waals surface area (Å²) in [4.78, 5) is 4.76. The molecule has 3 rings (SSSR count). The molecule has 27 heavy (non-hydrogen) atoms. The summed E-state index contributed by atoms with van der Waals surface area (Å²) in [6.45, 7) is 2.06. The summed E-state index contributed by atoms with van der Waals surface area (Å²) < 4.78 is 18.1. The Morgan fingerprint density at radius 3 is 2.15 bits per heavy atom. The van der Waals surface area contributed by atoms with E-state index in [0.29, 0.717) is 28.5 Å². The summed E-state index contributed by atoms with van der Waals surface area (Å²) in [5.74, 6) is 1.47. The summed E-state index contributed by atoms with van der Waals surface area (Å²) in [6.07, 6.45) is 0. The minimum absolute atomic E-state index is 0.0485. The molecule has 0 spiro atoms. The van der Waals surface area contributed by atoms with Gasteiger partial charge in [-0.25, -0.2) is 0 Å². The van der Waals surface area contributed by atoms with Crippen LogP contribution in [0.5, 0.6) is 17.2 Å². The third kappa shape index (κ3) is 3.70. The molecular formula is C20H20N2O4Se. The van der Waals surface area contributed by atoms with E-state index < -0.39 is 0 Å². The maximum atomic E-state index is 9.72. The third-order valence-electron chi connectivity index (χ3n) is 4.08. The fourth-order valence-corrected chi connectivity index (χ4v) is 4.78. The van der Waals surface area contributed by atoms with E-state index in [1.807, 2.05) is 30.3 Å². The van der Waals surface area contributed by atoms with Gasteiger partial charge in [0.2, 0.25) is 0 Å². The number of methoxy groups -OCH3 is 3. The van der Waals surface area contributed by atoms with Crippen LogP contribution in [0, 0.1) is 6.92 Å². The van der Waals surface area contributed by atoms with Gasteiger partial charge in [0.25, 0.3) is 0 Å². The van der Waals surface area contributed by atoms with Gasteiger partial charge in [0, 0.05) is 0 Å². The zero-order chi connectivity index (χ0) is 19.4. The molecule has 0 saturated heterocycles. The van der Waals surface area contributed by atoms with Crippen LogP contribution in [-0.4, -0.2) is 51.7 Å². The number of nitrogens with zero attached hydrogens (tertiary/aromatic N) is 2. The van der Waals surface area contributed by atoms with Gasteiger partial charge in [0.05, 0.1) is 0 Å². The fourth-order valence-electron chi connectivity index (χ4n) is 2.80. The van der Waals surface area contributed by atoms with E-state index in [9.17, 15) is 5.21 Å². The van der Waals surface area contributed by atoms with Crippen LogP contribution in [-0.2, 0) is 0 Å². The van der Waals surface area contributed by atoms with Crippen LogP contribution in [0.1, 0.15) is 14.6 Å². The molecule has 6 nitrogen and oxygen atoms in total. The first-order valence-electron chi connectivity index (χ1n) is 8.18. The Morgan fingerprint density at radius 2 is 1.63 bits per heavy atom. The minimum atomic E-state index is -0.0485. The van der Waals surface area contributed by atoms with Crippen molar-refractivity contribution in [1.29, 1.82) is 0 Å². The van der Waals surface area contributed by atoms with Gasteiger partial charge in [-0.3, -0.25) is 0 Å². The second-order valence-electron chi connectivity index (χ2n) is 5.65. The van der Waals surface area contributed by atoms with E-state index in [1.165, 1.54) is 4.44 Å². The molecule has 0 radical (unpaired) electrons. The maximum absolute atomic E-state index is 9.72. The fraction of sp³-hybridized carbons (Fsp3) is 0.200. The number of hydrogen-bond donors (Lipinski definition) is 1. The summed E-state index contributed by atoms with van der Waals surface area (Å²) in [7, 11) is 4.64. The average molecular weight is 431 g/mol. The monoisotopic (exact) mass is 432 g/mol. The van der Waals surface area contributed by atoms with Gasteiger partial charge in [0.1, 0.15) is 0 Å². The summed E-state index contributed by atoms with van der Waals surface area (Å²) in [5.41, 5.74) is 3.03. The Balaban J connectivity index is 2.09. The molecule has 0 amide bonds. The molecule has 0 aliphatic heterocycles. The van der Waals surface area contributed by atoms with Gasteiger partial charge in [-0.1, -0.05) is 0 Å². The van der Waals surface area contributed by atoms with E-state index in [2.05, 4.69) is 12.1 Å². The van der Waals surface area contributed by atoms with Crippen LogP contribution >= 0.6 is 0 Å². The van der Waals surface area contributed by atoms with E-state index in [4.69, 9.17) is 19.2 Å². The molecule has 0 saturated carbocycles. The Kier molecular flexibility index (Phi) is 5.84. The molecule has 1 N–H and O–H groups in total. The van der Waals surface area contributed by atoms with Crippen molar-refractivity contribution in [3.05, 3.63) is 57.0 Å².